The van der Waals surface area contributed by atoms with Gasteiger partial charge in [-0.3, -0.25) is 10.1 Å². The van der Waals surface area contributed by atoms with E-state index in [-0.39, 0.29) is 16.5 Å². The summed E-state index contributed by atoms with van der Waals surface area (Å²) in [6.07, 6.45) is 1.48. The summed E-state index contributed by atoms with van der Waals surface area (Å²) < 4.78 is 10.8. The second kappa shape index (κ2) is 7.31. The molecule has 0 saturated carbocycles. The number of ether oxygens (including phenoxy) is 2. The predicted octanol–water partition coefficient (Wildman–Crippen LogP) is 4.69. The van der Waals surface area contributed by atoms with Crippen LogP contribution < -0.4 is 10.1 Å². The van der Waals surface area contributed by atoms with E-state index in [1.807, 2.05) is 0 Å². The Hall–Kier alpha value is -2.60. The van der Waals surface area contributed by atoms with Crippen LogP contribution in [0.5, 0.6) is 11.6 Å². The van der Waals surface area contributed by atoms with Crippen molar-refractivity contribution in [2.45, 2.75) is 26.4 Å². The highest BCUT2D eigenvalue weighted by Crippen LogP contribution is 2.30. The Bertz CT molecular complexity index is 756. The summed E-state index contributed by atoms with van der Waals surface area (Å²) in [7, 11) is 0. The fraction of sp³-hybridized carbons (Fsp3) is 0.235. The zero-order valence-electron chi connectivity index (χ0n) is 13.5. The number of pyridine rings is 1. The van der Waals surface area contributed by atoms with E-state index in [1.165, 1.54) is 12.3 Å². The smallest absolute Gasteiger partial charge is 0.412 e. The van der Waals surface area contributed by atoms with Crippen molar-refractivity contribution in [1.29, 1.82) is 0 Å². The van der Waals surface area contributed by atoms with Gasteiger partial charge in [-0.25, -0.2) is 9.78 Å². The Labute approximate surface area is 144 Å². The molecular formula is C17H17ClN2O4. The molecule has 1 heterocycles. The van der Waals surface area contributed by atoms with Gasteiger partial charge in [0.05, 0.1) is 0 Å². The van der Waals surface area contributed by atoms with Crippen LogP contribution in [0.1, 0.15) is 31.1 Å². The van der Waals surface area contributed by atoms with Crippen LogP contribution in [-0.4, -0.2) is 23.0 Å². The molecule has 6 nitrogen and oxygen atoms in total. The Kier molecular flexibility index (Phi) is 5.41. The summed E-state index contributed by atoms with van der Waals surface area (Å²) in [6, 6.07) is 8.14. The summed E-state index contributed by atoms with van der Waals surface area (Å²) >= 11 is 6.05. The van der Waals surface area contributed by atoms with E-state index in [4.69, 9.17) is 21.1 Å². The molecule has 0 atom stereocenters. The second-order valence-electron chi connectivity index (χ2n) is 5.89. The molecule has 2 aromatic rings. The first-order chi connectivity index (χ1) is 11.3. The number of nitrogens with one attached hydrogen (secondary N) is 1. The zero-order chi connectivity index (χ0) is 17.7. The number of hydrogen-bond donors (Lipinski definition) is 1. The molecule has 0 aliphatic rings. The highest BCUT2D eigenvalue weighted by Gasteiger charge is 2.16. The van der Waals surface area contributed by atoms with Crippen molar-refractivity contribution in [2.75, 3.05) is 5.32 Å². The lowest BCUT2D eigenvalue weighted by Gasteiger charge is -2.19. The van der Waals surface area contributed by atoms with Gasteiger partial charge in [0.15, 0.2) is 6.29 Å². The molecule has 1 aromatic heterocycles. The van der Waals surface area contributed by atoms with Gasteiger partial charge in [0.1, 0.15) is 16.4 Å². The van der Waals surface area contributed by atoms with E-state index in [9.17, 15) is 9.59 Å². The van der Waals surface area contributed by atoms with Gasteiger partial charge in [-0.2, -0.15) is 0 Å². The van der Waals surface area contributed by atoms with Crippen molar-refractivity contribution in [3.8, 4) is 11.6 Å². The number of amides is 1. The lowest BCUT2D eigenvalue weighted by molar-refractivity contribution is 0.0636. The SMILES string of the molecule is CC(C)(C)OC(=O)Nc1cccc(Oc2nccc(C=O)c2Cl)c1. The molecule has 1 amide bonds. The molecule has 1 aromatic carbocycles. The van der Waals surface area contributed by atoms with E-state index in [0.29, 0.717) is 17.7 Å². The molecular weight excluding hydrogens is 332 g/mol. The minimum atomic E-state index is -0.592. The van der Waals surface area contributed by atoms with Crippen molar-refractivity contribution in [2.24, 2.45) is 0 Å². The van der Waals surface area contributed by atoms with Gasteiger partial charge >= 0.3 is 6.09 Å². The van der Waals surface area contributed by atoms with E-state index in [2.05, 4.69) is 10.3 Å². The van der Waals surface area contributed by atoms with Crippen LogP contribution in [-0.2, 0) is 4.74 Å². The summed E-state index contributed by atoms with van der Waals surface area (Å²) in [6.45, 7) is 5.33. The van der Waals surface area contributed by atoms with Crippen LogP contribution in [0.3, 0.4) is 0 Å². The third-order valence-electron chi connectivity index (χ3n) is 2.71. The fourth-order valence-corrected chi connectivity index (χ4v) is 1.97. The Morgan fingerprint density at radius 1 is 1.29 bits per heavy atom. The molecule has 126 valence electrons. The number of hydrogen-bond acceptors (Lipinski definition) is 5. The molecule has 0 aliphatic carbocycles. The molecule has 0 spiro atoms. The average molecular weight is 349 g/mol. The monoisotopic (exact) mass is 348 g/mol. The maximum Gasteiger partial charge on any atom is 0.412 e. The largest absolute Gasteiger partial charge is 0.444 e. The van der Waals surface area contributed by atoms with Gasteiger partial charge in [-0.05, 0) is 39.0 Å². The van der Waals surface area contributed by atoms with Crippen LogP contribution in [0.2, 0.25) is 5.02 Å². The predicted molar refractivity (Wildman–Crippen MR) is 91.0 cm³/mol. The number of anilines is 1. The van der Waals surface area contributed by atoms with Crippen LogP contribution >= 0.6 is 11.6 Å². The number of nitrogens with zero attached hydrogens (tertiary/aromatic N) is 1. The minimum Gasteiger partial charge on any atom is -0.444 e. The molecule has 0 aliphatic heterocycles. The van der Waals surface area contributed by atoms with Crippen molar-refractivity contribution in [3.05, 3.63) is 47.1 Å². The van der Waals surface area contributed by atoms with Crippen molar-refractivity contribution in [1.82, 2.24) is 4.98 Å². The van der Waals surface area contributed by atoms with Crippen LogP contribution in [0.15, 0.2) is 36.5 Å². The highest BCUT2D eigenvalue weighted by atomic mass is 35.5. The summed E-state index contributed by atoms with van der Waals surface area (Å²) in [5.74, 6) is 0.511. The van der Waals surface area contributed by atoms with Crippen molar-refractivity contribution >= 4 is 29.7 Å². The molecule has 0 bridgehead atoms. The minimum absolute atomic E-state index is 0.107. The Morgan fingerprint density at radius 3 is 2.71 bits per heavy atom. The molecule has 24 heavy (non-hydrogen) atoms. The summed E-state index contributed by atoms with van der Waals surface area (Å²) in [4.78, 5) is 26.7. The lowest BCUT2D eigenvalue weighted by Crippen LogP contribution is -2.27. The first-order valence-electron chi connectivity index (χ1n) is 7.16. The molecule has 0 unspecified atom stereocenters. The molecule has 0 radical (unpaired) electrons. The van der Waals surface area contributed by atoms with E-state index in [0.717, 1.165) is 0 Å². The van der Waals surface area contributed by atoms with Gasteiger partial charge in [-0.15, -0.1) is 0 Å². The van der Waals surface area contributed by atoms with Gasteiger partial charge < -0.3 is 9.47 Å². The Balaban J connectivity index is 2.14. The summed E-state index contributed by atoms with van der Waals surface area (Å²) in [5.41, 5.74) is 0.180. The number of carbonyl (C=O) groups is 2. The number of aromatic nitrogens is 1. The normalized spacial score (nSPS) is 10.8. The van der Waals surface area contributed by atoms with Gasteiger partial charge in [0, 0.05) is 23.5 Å². The van der Waals surface area contributed by atoms with E-state index in [1.54, 1.807) is 45.0 Å². The number of rotatable bonds is 4. The quantitative estimate of drug-likeness (QED) is 0.811. The maximum absolute atomic E-state index is 11.8. The topological polar surface area (TPSA) is 77.5 Å². The standard InChI is InChI=1S/C17H17ClN2O4/c1-17(2,3)24-16(22)20-12-5-4-6-13(9-12)23-15-14(18)11(10-21)7-8-19-15/h4-10H,1-3H3,(H,20,22). The maximum atomic E-state index is 11.8. The molecule has 1 N–H and O–H groups in total. The van der Waals surface area contributed by atoms with Gasteiger partial charge in [0.25, 0.3) is 0 Å². The van der Waals surface area contributed by atoms with Gasteiger partial charge in [-0.1, -0.05) is 17.7 Å². The van der Waals surface area contributed by atoms with E-state index < -0.39 is 11.7 Å². The number of aldehydes is 1. The average Bonchev–Trinajstić information content (AvgIpc) is 2.48. The molecule has 0 fully saturated rings. The number of carbonyl (C=O) groups excluding carboxylic acids is 2. The highest BCUT2D eigenvalue weighted by molar-refractivity contribution is 6.34. The Morgan fingerprint density at radius 2 is 2.04 bits per heavy atom. The third-order valence-corrected chi connectivity index (χ3v) is 3.09. The van der Waals surface area contributed by atoms with E-state index >= 15 is 0 Å². The third kappa shape index (κ3) is 4.96. The molecule has 0 saturated heterocycles. The van der Waals surface area contributed by atoms with Crippen molar-refractivity contribution in [3.63, 3.8) is 0 Å². The first kappa shape index (κ1) is 17.7. The lowest BCUT2D eigenvalue weighted by atomic mass is 10.2. The van der Waals surface area contributed by atoms with Gasteiger partial charge in [0.2, 0.25) is 5.88 Å². The summed E-state index contributed by atoms with van der Waals surface area (Å²) in [5, 5.41) is 2.73. The molecule has 7 heteroatoms. The number of halogens is 1. The first-order valence-corrected chi connectivity index (χ1v) is 7.54. The zero-order valence-corrected chi connectivity index (χ0v) is 14.3. The van der Waals surface area contributed by atoms with Crippen LogP contribution in [0.4, 0.5) is 10.5 Å². The van der Waals surface area contributed by atoms with Crippen LogP contribution in [0, 0.1) is 0 Å². The molecule has 2 rings (SSSR count). The second-order valence-corrected chi connectivity index (χ2v) is 6.27. The van der Waals surface area contributed by atoms with Crippen LogP contribution in [0.25, 0.3) is 0 Å². The fourth-order valence-electron chi connectivity index (χ4n) is 1.77. The number of benzene rings is 1. The van der Waals surface area contributed by atoms with Crippen molar-refractivity contribution < 1.29 is 19.1 Å².